The Labute approximate surface area is 166 Å². The summed E-state index contributed by atoms with van der Waals surface area (Å²) in [5, 5.41) is 4.88. The van der Waals surface area contributed by atoms with Crippen LogP contribution in [0.15, 0.2) is 29.2 Å². The number of ether oxygens (including phenoxy) is 1. The van der Waals surface area contributed by atoms with Gasteiger partial charge in [-0.05, 0) is 45.0 Å². The molecule has 0 saturated carbocycles. The van der Waals surface area contributed by atoms with Crippen molar-refractivity contribution in [2.75, 3.05) is 39.3 Å². The van der Waals surface area contributed by atoms with Crippen LogP contribution >= 0.6 is 0 Å². The molecule has 28 heavy (non-hydrogen) atoms. The molecule has 1 aromatic rings. The Hall–Kier alpha value is -2.17. The van der Waals surface area contributed by atoms with Gasteiger partial charge in [0, 0.05) is 6.04 Å². The second kappa shape index (κ2) is 9.85. The van der Waals surface area contributed by atoms with Crippen LogP contribution in [0.3, 0.4) is 0 Å². The third kappa shape index (κ3) is 6.18. The van der Waals surface area contributed by atoms with Crippen LogP contribution in [0.5, 0.6) is 5.75 Å². The summed E-state index contributed by atoms with van der Waals surface area (Å²) < 4.78 is 32.3. The third-order valence-electron chi connectivity index (χ3n) is 4.29. The van der Waals surface area contributed by atoms with E-state index in [9.17, 15) is 18.0 Å². The quantitative estimate of drug-likeness (QED) is 0.543. The van der Waals surface area contributed by atoms with E-state index >= 15 is 0 Å². The Bertz CT molecular complexity index is 772. The Morgan fingerprint density at radius 1 is 1.18 bits per heavy atom. The van der Waals surface area contributed by atoms with E-state index in [1.165, 1.54) is 4.31 Å². The summed E-state index contributed by atoms with van der Waals surface area (Å²) in [6, 6.07) is 5.79. The molecule has 10 heteroatoms. The SMILES string of the molecule is CCOc1ccc(S(=O)(=O)N2CC[NH+](CC(=O)NC(=O)NC(C)C)CC2)cc1. The number of rotatable bonds is 7. The van der Waals surface area contributed by atoms with Crippen LogP contribution in [0.4, 0.5) is 4.79 Å². The van der Waals surface area contributed by atoms with E-state index in [2.05, 4.69) is 10.6 Å². The lowest BCUT2D eigenvalue weighted by molar-refractivity contribution is -0.895. The molecule has 3 N–H and O–H groups in total. The van der Waals surface area contributed by atoms with Gasteiger partial charge in [-0.2, -0.15) is 4.31 Å². The molecule has 1 heterocycles. The lowest BCUT2D eigenvalue weighted by Gasteiger charge is -2.31. The van der Waals surface area contributed by atoms with Crippen molar-refractivity contribution in [3.05, 3.63) is 24.3 Å². The number of piperazine rings is 1. The highest BCUT2D eigenvalue weighted by Crippen LogP contribution is 2.19. The van der Waals surface area contributed by atoms with Crippen LogP contribution in [0.25, 0.3) is 0 Å². The standard InChI is InChI=1S/C18H28N4O5S/c1-4-27-15-5-7-16(8-6-15)28(25,26)22-11-9-21(10-12-22)13-17(23)20-18(24)19-14(2)3/h5-8,14H,4,9-13H2,1-3H3,(H2,19,20,23,24)/p+1. The summed E-state index contributed by atoms with van der Waals surface area (Å²) in [5.41, 5.74) is 0. The number of sulfonamides is 1. The highest BCUT2D eigenvalue weighted by molar-refractivity contribution is 7.89. The minimum atomic E-state index is -3.58. The average molecular weight is 414 g/mol. The Kier molecular flexibility index (Phi) is 7.78. The number of imide groups is 1. The molecule has 1 fully saturated rings. The fraction of sp³-hybridized carbons (Fsp3) is 0.556. The summed E-state index contributed by atoms with van der Waals surface area (Å²) in [6.07, 6.45) is 0. The zero-order valence-corrected chi connectivity index (χ0v) is 17.3. The summed E-state index contributed by atoms with van der Waals surface area (Å²) in [5.74, 6) is 0.249. The zero-order valence-electron chi connectivity index (χ0n) is 16.5. The van der Waals surface area contributed by atoms with Crippen LogP contribution in [-0.4, -0.2) is 70.0 Å². The fourth-order valence-electron chi connectivity index (χ4n) is 2.94. The molecule has 1 aliphatic heterocycles. The molecule has 0 unspecified atom stereocenters. The summed E-state index contributed by atoms with van der Waals surface area (Å²) in [7, 11) is -3.58. The molecule has 0 spiro atoms. The van der Waals surface area contributed by atoms with Gasteiger partial charge in [0.1, 0.15) is 5.75 Å². The number of benzene rings is 1. The van der Waals surface area contributed by atoms with Crippen LogP contribution in [-0.2, 0) is 14.8 Å². The van der Waals surface area contributed by atoms with Gasteiger partial charge in [0.25, 0.3) is 5.91 Å². The van der Waals surface area contributed by atoms with Crippen molar-refractivity contribution in [3.8, 4) is 5.75 Å². The molecule has 1 aromatic carbocycles. The third-order valence-corrected chi connectivity index (χ3v) is 6.20. The maximum atomic E-state index is 12.8. The molecule has 1 aliphatic rings. The minimum absolute atomic E-state index is 0.0588. The predicted molar refractivity (Wildman–Crippen MR) is 104 cm³/mol. The number of nitrogens with zero attached hydrogens (tertiary/aromatic N) is 1. The van der Waals surface area contributed by atoms with Gasteiger partial charge >= 0.3 is 6.03 Å². The van der Waals surface area contributed by atoms with E-state index in [1.54, 1.807) is 38.1 Å². The van der Waals surface area contributed by atoms with Gasteiger partial charge in [0.05, 0.1) is 37.7 Å². The molecule has 0 atom stereocenters. The predicted octanol–water partition coefficient (Wildman–Crippen LogP) is -0.791. The van der Waals surface area contributed by atoms with Crippen molar-refractivity contribution < 1.29 is 27.6 Å². The Morgan fingerprint density at radius 3 is 2.32 bits per heavy atom. The van der Waals surface area contributed by atoms with E-state index in [4.69, 9.17) is 4.74 Å². The van der Waals surface area contributed by atoms with Gasteiger partial charge in [-0.3, -0.25) is 10.1 Å². The van der Waals surface area contributed by atoms with Gasteiger partial charge in [-0.15, -0.1) is 0 Å². The van der Waals surface area contributed by atoms with Gasteiger partial charge in [-0.1, -0.05) is 0 Å². The first kappa shape index (κ1) is 22.1. The molecule has 0 aromatic heterocycles. The Balaban J connectivity index is 1.86. The highest BCUT2D eigenvalue weighted by Gasteiger charge is 2.31. The molecule has 9 nitrogen and oxygen atoms in total. The molecule has 0 aliphatic carbocycles. The van der Waals surface area contributed by atoms with E-state index in [-0.39, 0.29) is 23.4 Å². The van der Waals surface area contributed by atoms with Crippen LogP contribution < -0.4 is 20.3 Å². The molecule has 0 radical (unpaired) electrons. The Morgan fingerprint density at radius 2 is 1.79 bits per heavy atom. The van der Waals surface area contributed by atoms with E-state index in [0.29, 0.717) is 38.5 Å². The van der Waals surface area contributed by atoms with E-state index < -0.39 is 16.1 Å². The summed E-state index contributed by atoms with van der Waals surface area (Å²) in [6.45, 7) is 7.74. The van der Waals surface area contributed by atoms with Crippen LogP contribution in [0.2, 0.25) is 0 Å². The van der Waals surface area contributed by atoms with Gasteiger partial charge in [0.15, 0.2) is 6.54 Å². The van der Waals surface area contributed by atoms with Crippen molar-refractivity contribution in [3.63, 3.8) is 0 Å². The van der Waals surface area contributed by atoms with Crippen molar-refractivity contribution in [2.45, 2.75) is 31.7 Å². The molecular formula is C18H29N4O5S+. The molecule has 0 bridgehead atoms. The number of urea groups is 1. The van der Waals surface area contributed by atoms with E-state index in [0.717, 1.165) is 4.90 Å². The molecular weight excluding hydrogens is 384 g/mol. The minimum Gasteiger partial charge on any atom is -0.494 e. The van der Waals surface area contributed by atoms with Crippen molar-refractivity contribution >= 4 is 22.0 Å². The number of carbonyl (C=O) groups is 2. The molecule has 1 saturated heterocycles. The van der Waals surface area contributed by atoms with Gasteiger partial charge in [0.2, 0.25) is 10.0 Å². The van der Waals surface area contributed by atoms with Crippen molar-refractivity contribution in [1.82, 2.24) is 14.9 Å². The smallest absolute Gasteiger partial charge is 0.321 e. The fourth-order valence-corrected chi connectivity index (χ4v) is 4.38. The summed E-state index contributed by atoms with van der Waals surface area (Å²) in [4.78, 5) is 24.7. The first-order valence-corrected chi connectivity index (χ1v) is 10.8. The maximum Gasteiger partial charge on any atom is 0.321 e. The monoisotopic (exact) mass is 413 g/mol. The molecule has 156 valence electrons. The maximum absolute atomic E-state index is 12.8. The lowest BCUT2D eigenvalue weighted by atomic mass is 10.3. The second-order valence-corrected chi connectivity index (χ2v) is 8.85. The highest BCUT2D eigenvalue weighted by atomic mass is 32.2. The number of quaternary nitrogens is 1. The van der Waals surface area contributed by atoms with Crippen molar-refractivity contribution in [1.29, 1.82) is 0 Å². The first-order chi connectivity index (χ1) is 13.2. The van der Waals surface area contributed by atoms with E-state index in [1.807, 2.05) is 6.92 Å². The largest absolute Gasteiger partial charge is 0.494 e. The normalized spacial score (nSPS) is 16.0. The molecule has 3 amide bonds. The van der Waals surface area contributed by atoms with Gasteiger partial charge < -0.3 is 15.0 Å². The number of nitrogens with one attached hydrogen (secondary N) is 3. The number of hydrogen-bond acceptors (Lipinski definition) is 5. The van der Waals surface area contributed by atoms with Crippen LogP contribution in [0.1, 0.15) is 20.8 Å². The van der Waals surface area contributed by atoms with Crippen LogP contribution in [0, 0.1) is 0 Å². The van der Waals surface area contributed by atoms with Gasteiger partial charge in [-0.25, -0.2) is 13.2 Å². The number of hydrogen-bond donors (Lipinski definition) is 3. The molecule has 2 rings (SSSR count). The van der Waals surface area contributed by atoms with Crippen molar-refractivity contribution in [2.24, 2.45) is 0 Å². The first-order valence-electron chi connectivity index (χ1n) is 9.39. The zero-order chi connectivity index (χ0) is 20.7. The summed E-state index contributed by atoms with van der Waals surface area (Å²) >= 11 is 0. The lowest BCUT2D eigenvalue weighted by Crippen LogP contribution is -3.15. The average Bonchev–Trinajstić information content (AvgIpc) is 2.62. The second-order valence-electron chi connectivity index (χ2n) is 6.91. The number of carbonyl (C=O) groups excluding carboxylic acids is 2. The topological polar surface area (TPSA) is 109 Å². The number of amides is 3.